The summed E-state index contributed by atoms with van der Waals surface area (Å²) >= 11 is 0. The minimum atomic E-state index is -0.535. The zero-order valence-electron chi connectivity index (χ0n) is 7.23. The predicted octanol–water partition coefficient (Wildman–Crippen LogP) is 0.700. The van der Waals surface area contributed by atoms with Crippen molar-refractivity contribution in [2.45, 2.75) is 6.54 Å². The summed E-state index contributed by atoms with van der Waals surface area (Å²) < 4.78 is 6.17. The number of anilines is 1. The second-order valence-corrected chi connectivity index (χ2v) is 2.84. The van der Waals surface area contributed by atoms with Crippen LogP contribution >= 0.6 is 0 Å². The molecule has 0 amide bonds. The molecular weight excluding hydrogens is 182 g/mol. The first-order valence-electron chi connectivity index (χ1n) is 3.98. The van der Waals surface area contributed by atoms with Gasteiger partial charge in [0, 0.05) is 11.8 Å². The van der Waals surface area contributed by atoms with Crippen molar-refractivity contribution < 1.29 is 4.42 Å². The maximum absolute atomic E-state index is 11.2. The summed E-state index contributed by atoms with van der Waals surface area (Å²) in [5.41, 5.74) is 7.04. The van der Waals surface area contributed by atoms with Crippen LogP contribution in [0.3, 0.4) is 0 Å². The summed E-state index contributed by atoms with van der Waals surface area (Å²) in [6.45, 7) is -0.0181. The Hall–Kier alpha value is -2.22. The highest BCUT2D eigenvalue weighted by Crippen LogP contribution is 2.15. The van der Waals surface area contributed by atoms with E-state index in [0.29, 0.717) is 16.8 Å². The number of nitrogen functional groups attached to an aromatic ring is 1. The van der Waals surface area contributed by atoms with E-state index in [0.717, 1.165) is 0 Å². The molecule has 0 unspecified atom stereocenters. The predicted molar refractivity (Wildman–Crippen MR) is 50.5 cm³/mol. The van der Waals surface area contributed by atoms with E-state index in [4.69, 9.17) is 15.4 Å². The van der Waals surface area contributed by atoms with Crippen molar-refractivity contribution in [1.82, 2.24) is 4.57 Å². The van der Waals surface area contributed by atoms with Gasteiger partial charge in [0.05, 0.1) is 11.6 Å². The molecule has 70 valence electrons. The Morgan fingerprint density at radius 1 is 1.57 bits per heavy atom. The summed E-state index contributed by atoms with van der Waals surface area (Å²) in [5, 5.41) is 8.50. The normalized spacial score (nSPS) is 10.2. The molecule has 0 fully saturated rings. The molecule has 1 aromatic carbocycles. The van der Waals surface area contributed by atoms with E-state index in [9.17, 15) is 4.79 Å². The van der Waals surface area contributed by atoms with E-state index in [1.165, 1.54) is 4.57 Å². The number of hydrogen-bond donors (Lipinski definition) is 1. The third-order valence-electron chi connectivity index (χ3n) is 1.92. The Kier molecular flexibility index (Phi) is 1.75. The summed E-state index contributed by atoms with van der Waals surface area (Å²) in [6.07, 6.45) is 0. The molecular formula is C9H7N3O2. The molecule has 0 spiro atoms. The van der Waals surface area contributed by atoms with Gasteiger partial charge in [0.2, 0.25) is 0 Å². The Morgan fingerprint density at radius 3 is 3.07 bits per heavy atom. The van der Waals surface area contributed by atoms with E-state index >= 15 is 0 Å². The number of nitrogens with two attached hydrogens (primary N) is 1. The molecule has 0 aliphatic rings. The van der Waals surface area contributed by atoms with Crippen LogP contribution in [-0.2, 0) is 6.54 Å². The van der Waals surface area contributed by atoms with Crippen LogP contribution in [0, 0.1) is 11.3 Å². The summed E-state index contributed by atoms with van der Waals surface area (Å²) in [6, 6.07) is 6.77. The summed E-state index contributed by atoms with van der Waals surface area (Å²) in [4.78, 5) is 11.2. The molecule has 0 atom stereocenters. The third kappa shape index (κ3) is 1.13. The molecule has 1 heterocycles. The molecule has 0 bridgehead atoms. The largest absolute Gasteiger partial charge is 0.420 e. The first-order chi connectivity index (χ1) is 6.72. The molecule has 2 rings (SSSR count). The number of hydrogen-bond acceptors (Lipinski definition) is 4. The second kappa shape index (κ2) is 2.92. The molecule has 2 N–H and O–H groups in total. The lowest BCUT2D eigenvalue weighted by Crippen LogP contribution is -2.12. The van der Waals surface area contributed by atoms with Crippen molar-refractivity contribution in [2.24, 2.45) is 0 Å². The fourth-order valence-corrected chi connectivity index (χ4v) is 1.30. The Balaban J connectivity index is 2.79. The zero-order chi connectivity index (χ0) is 10.1. The summed E-state index contributed by atoms with van der Waals surface area (Å²) in [7, 11) is 0. The fraction of sp³-hybridized carbons (Fsp3) is 0.111. The van der Waals surface area contributed by atoms with Crippen molar-refractivity contribution in [3.8, 4) is 6.07 Å². The van der Waals surface area contributed by atoms with Crippen molar-refractivity contribution in [1.29, 1.82) is 5.26 Å². The summed E-state index contributed by atoms with van der Waals surface area (Å²) in [5.74, 6) is -0.535. The average molecular weight is 189 g/mol. The van der Waals surface area contributed by atoms with Crippen LogP contribution in [-0.4, -0.2) is 4.57 Å². The molecule has 2 aromatic rings. The Morgan fingerprint density at radius 2 is 2.36 bits per heavy atom. The van der Waals surface area contributed by atoms with Crippen molar-refractivity contribution >= 4 is 16.8 Å². The van der Waals surface area contributed by atoms with E-state index < -0.39 is 5.76 Å². The molecule has 0 radical (unpaired) electrons. The topological polar surface area (TPSA) is 85.0 Å². The second-order valence-electron chi connectivity index (χ2n) is 2.84. The van der Waals surface area contributed by atoms with E-state index in [1.54, 1.807) is 18.2 Å². The minimum absolute atomic E-state index is 0.0181. The molecule has 0 aliphatic heterocycles. The number of aromatic nitrogens is 1. The SMILES string of the molecule is N#CCn1c(=O)oc2cc(N)ccc21. The van der Waals surface area contributed by atoms with E-state index in [-0.39, 0.29) is 6.54 Å². The van der Waals surface area contributed by atoms with Gasteiger partial charge in [-0.1, -0.05) is 0 Å². The van der Waals surface area contributed by atoms with Gasteiger partial charge in [0.15, 0.2) is 5.58 Å². The fourth-order valence-electron chi connectivity index (χ4n) is 1.30. The van der Waals surface area contributed by atoms with Gasteiger partial charge in [-0.3, -0.25) is 4.57 Å². The average Bonchev–Trinajstić information content (AvgIpc) is 2.43. The first-order valence-corrected chi connectivity index (χ1v) is 3.98. The monoisotopic (exact) mass is 189 g/mol. The minimum Gasteiger partial charge on any atom is -0.408 e. The van der Waals surface area contributed by atoms with Crippen LogP contribution in [0.15, 0.2) is 27.4 Å². The Bertz CT molecular complexity index is 574. The molecule has 5 heteroatoms. The molecule has 1 aromatic heterocycles. The van der Waals surface area contributed by atoms with E-state index in [1.807, 2.05) is 6.07 Å². The maximum Gasteiger partial charge on any atom is 0.420 e. The number of oxazole rings is 1. The highest BCUT2D eigenvalue weighted by molar-refractivity contribution is 5.76. The standard InChI is InChI=1S/C9H7N3O2/c10-3-4-12-7-2-1-6(11)5-8(7)14-9(12)13/h1-2,5H,4,11H2. The van der Waals surface area contributed by atoms with Crippen LogP contribution in [0.25, 0.3) is 11.1 Å². The third-order valence-corrected chi connectivity index (χ3v) is 1.92. The smallest absolute Gasteiger partial charge is 0.408 e. The van der Waals surface area contributed by atoms with Crippen LogP contribution < -0.4 is 11.5 Å². The maximum atomic E-state index is 11.2. The molecule has 0 saturated carbocycles. The number of rotatable bonds is 1. The Labute approximate surface area is 79.0 Å². The van der Waals surface area contributed by atoms with Gasteiger partial charge >= 0.3 is 5.76 Å². The van der Waals surface area contributed by atoms with Gasteiger partial charge in [0.25, 0.3) is 0 Å². The van der Waals surface area contributed by atoms with Crippen molar-refractivity contribution in [3.63, 3.8) is 0 Å². The number of fused-ring (bicyclic) bond motifs is 1. The molecule has 5 nitrogen and oxygen atoms in total. The van der Waals surface area contributed by atoms with Gasteiger partial charge in [-0.15, -0.1) is 0 Å². The zero-order valence-corrected chi connectivity index (χ0v) is 7.23. The van der Waals surface area contributed by atoms with Gasteiger partial charge in [0.1, 0.15) is 6.54 Å². The lowest BCUT2D eigenvalue weighted by atomic mass is 10.3. The van der Waals surface area contributed by atoms with Crippen molar-refractivity contribution in [2.75, 3.05) is 5.73 Å². The van der Waals surface area contributed by atoms with Gasteiger partial charge in [-0.05, 0) is 12.1 Å². The lowest BCUT2D eigenvalue weighted by Gasteiger charge is -1.94. The molecule has 14 heavy (non-hydrogen) atoms. The van der Waals surface area contributed by atoms with Crippen LogP contribution in [0.1, 0.15) is 0 Å². The van der Waals surface area contributed by atoms with Crippen molar-refractivity contribution in [3.05, 3.63) is 28.7 Å². The van der Waals surface area contributed by atoms with Gasteiger partial charge < -0.3 is 10.2 Å². The highest BCUT2D eigenvalue weighted by Gasteiger charge is 2.07. The lowest BCUT2D eigenvalue weighted by molar-refractivity contribution is 0.521. The van der Waals surface area contributed by atoms with Crippen LogP contribution in [0.2, 0.25) is 0 Å². The number of nitriles is 1. The van der Waals surface area contributed by atoms with Crippen LogP contribution in [0.5, 0.6) is 0 Å². The number of nitrogens with zero attached hydrogens (tertiary/aromatic N) is 2. The first kappa shape index (κ1) is 8.38. The molecule has 0 saturated heterocycles. The van der Waals surface area contributed by atoms with Crippen LogP contribution in [0.4, 0.5) is 5.69 Å². The number of benzene rings is 1. The molecule has 0 aliphatic carbocycles. The quantitative estimate of drug-likeness (QED) is 0.669. The highest BCUT2D eigenvalue weighted by atomic mass is 16.4. The van der Waals surface area contributed by atoms with Gasteiger partial charge in [-0.25, -0.2) is 4.79 Å². The van der Waals surface area contributed by atoms with Gasteiger partial charge in [-0.2, -0.15) is 5.26 Å². The van der Waals surface area contributed by atoms with E-state index in [2.05, 4.69) is 0 Å².